The topological polar surface area (TPSA) is 30.2 Å². The molecule has 0 N–H and O–H groups in total. The minimum atomic E-state index is 0.648. The van der Waals surface area contributed by atoms with Gasteiger partial charge in [-0.2, -0.15) is 5.10 Å². The molecule has 0 aliphatic heterocycles. The molecule has 3 aromatic rings. The second-order valence-electron chi connectivity index (χ2n) is 5.45. The molecule has 1 aliphatic rings. The predicted molar refractivity (Wildman–Crippen MR) is 80.1 cm³/mol. The molecule has 98 valence electrons. The molecule has 0 unspecified atom stereocenters. The molecule has 4 rings (SSSR count). The zero-order valence-corrected chi connectivity index (χ0v) is 12.6. The zero-order valence-electron chi connectivity index (χ0n) is 11.0. The molecule has 0 fully saturated rings. The van der Waals surface area contributed by atoms with E-state index >= 15 is 0 Å². The van der Waals surface area contributed by atoms with Crippen LogP contribution < -0.4 is 0 Å². The molecule has 5 heteroatoms. The minimum Gasteiger partial charge on any atom is -0.217 e. The van der Waals surface area contributed by atoms with Crippen molar-refractivity contribution in [1.29, 1.82) is 0 Å². The number of hydrogen-bond acceptors (Lipinski definition) is 4. The first-order valence-electron chi connectivity index (χ1n) is 6.66. The van der Waals surface area contributed by atoms with E-state index in [0.717, 1.165) is 29.9 Å². The second kappa shape index (κ2) is 4.15. The van der Waals surface area contributed by atoms with Crippen molar-refractivity contribution in [3.63, 3.8) is 0 Å². The Hall–Kier alpha value is -1.20. The number of aryl methyl sites for hydroxylation is 2. The Bertz CT molecular complexity index is 748. The van der Waals surface area contributed by atoms with Crippen molar-refractivity contribution >= 4 is 27.6 Å². The monoisotopic (exact) mass is 289 g/mol. The minimum absolute atomic E-state index is 0.648. The van der Waals surface area contributed by atoms with Crippen LogP contribution in [0.5, 0.6) is 0 Å². The van der Waals surface area contributed by atoms with E-state index in [9.17, 15) is 0 Å². The van der Waals surface area contributed by atoms with Crippen LogP contribution in [0.2, 0.25) is 0 Å². The second-order valence-corrected chi connectivity index (χ2v) is 7.49. The first-order chi connectivity index (χ1) is 9.22. The summed E-state index contributed by atoms with van der Waals surface area (Å²) in [6.45, 7) is 4.47. The highest BCUT2D eigenvalue weighted by molar-refractivity contribution is 7.16. The van der Waals surface area contributed by atoms with Gasteiger partial charge in [-0.25, -0.2) is 9.50 Å². The Labute approximate surface area is 119 Å². The van der Waals surface area contributed by atoms with Crippen LogP contribution in [0.25, 0.3) is 16.2 Å². The van der Waals surface area contributed by atoms with E-state index in [1.807, 2.05) is 11.3 Å². The molecule has 0 radical (unpaired) electrons. The molecule has 3 aromatic heterocycles. The molecule has 0 atom stereocenters. The summed E-state index contributed by atoms with van der Waals surface area (Å²) in [5.41, 5.74) is 3.79. The summed E-state index contributed by atoms with van der Waals surface area (Å²) in [7, 11) is 0. The molecule has 1 aliphatic carbocycles. The molecule has 0 saturated heterocycles. The summed E-state index contributed by atoms with van der Waals surface area (Å²) in [4.78, 5) is 7.35. The van der Waals surface area contributed by atoms with Gasteiger partial charge in [0.25, 0.3) is 0 Å². The third-order valence-electron chi connectivity index (χ3n) is 3.51. The van der Waals surface area contributed by atoms with Gasteiger partial charge in [-0.15, -0.1) is 11.3 Å². The lowest BCUT2D eigenvalue weighted by molar-refractivity contribution is 0.634. The molecule has 3 heterocycles. The van der Waals surface area contributed by atoms with Crippen molar-refractivity contribution in [3.05, 3.63) is 27.0 Å². The van der Waals surface area contributed by atoms with Crippen molar-refractivity contribution < 1.29 is 0 Å². The van der Waals surface area contributed by atoms with Crippen LogP contribution in [0.4, 0.5) is 0 Å². The summed E-state index contributed by atoms with van der Waals surface area (Å²) in [6.07, 6.45) is 3.24. The molecule has 0 amide bonds. The quantitative estimate of drug-likeness (QED) is 0.718. The Morgan fingerprint density at radius 2 is 2.26 bits per heavy atom. The van der Waals surface area contributed by atoms with E-state index in [2.05, 4.69) is 29.8 Å². The van der Waals surface area contributed by atoms with E-state index in [1.165, 1.54) is 21.1 Å². The van der Waals surface area contributed by atoms with Crippen LogP contribution in [-0.4, -0.2) is 14.6 Å². The van der Waals surface area contributed by atoms with E-state index in [0.29, 0.717) is 5.92 Å². The van der Waals surface area contributed by atoms with Gasteiger partial charge >= 0.3 is 0 Å². The van der Waals surface area contributed by atoms with Gasteiger partial charge in [0, 0.05) is 16.9 Å². The van der Waals surface area contributed by atoms with Crippen molar-refractivity contribution in [2.75, 3.05) is 0 Å². The average molecular weight is 289 g/mol. The van der Waals surface area contributed by atoms with E-state index in [1.54, 1.807) is 11.3 Å². The maximum atomic E-state index is 4.82. The van der Waals surface area contributed by atoms with Crippen LogP contribution >= 0.6 is 22.7 Å². The fraction of sp³-hybridized carbons (Fsp3) is 0.429. The Morgan fingerprint density at radius 3 is 3.11 bits per heavy atom. The molecule has 0 saturated carbocycles. The van der Waals surface area contributed by atoms with Crippen molar-refractivity contribution in [2.45, 2.75) is 33.1 Å². The van der Waals surface area contributed by atoms with E-state index in [4.69, 9.17) is 10.1 Å². The zero-order chi connectivity index (χ0) is 13.0. The van der Waals surface area contributed by atoms with Gasteiger partial charge in [0.2, 0.25) is 4.96 Å². The Morgan fingerprint density at radius 1 is 1.37 bits per heavy atom. The molecule has 0 spiro atoms. The van der Waals surface area contributed by atoms with Gasteiger partial charge in [0.15, 0.2) is 0 Å². The van der Waals surface area contributed by atoms with Crippen LogP contribution in [-0.2, 0) is 19.3 Å². The number of thiophene rings is 1. The molecular formula is C14H15N3S2. The number of aromatic nitrogens is 3. The van der Waals surface area contributed by atoms with E-state index < -0.39 is 0 Å². The van der Waals surface area contributed by atoms with Crippen LogP contribution in [0, 0.1) is 5.92 Å². The highest BCUT2D eigenvalue weighted by Crippen LogP contribution is 2.37. The first kappa shape index (κ1) is 11.6. The van der Waals surface area contributed by atoms with Crippen LogP contribution in [0.15, 0.2) is 11.4 Å². The summed E-state index contributed by atoms with van der Waals surface area (Å²) < 4.78 is 2.08. The van der Waals surface area contributed by atoms with Gasteiger partial charge in [-0.3, -0.25) is 0 Å². The highest BCUT2D eigenvalue weighted by atomic mass is 32.1. The van der Waals surface area contributed by atoms with Gasteiger partial charge < -0.3 is 0 Å². The predicted octanol–water partition coefficient (Wildman–Crippen LogP) is 3.82. The fourth-order valence-electron chi connectivity index (χ4n) is 2.68. The summed E-state index contributed by atoms with van der Waals surface area (Å²) >= 11 is 3.59. The maximum Gasteiger partial charge on any atom is 0.212 e. The smallest absolute Gasteiger partial charge is 0.212 e. The summed E-state index contributed by atoms with van der Waals surface area (Å²) in [6, 6.07) is 2.20. The maximum absolute atomic E-state index is 4.82. The number of nitrogens with zero attached hydrogens (tertiary/aromatic N) is 3. The lowest BCUT2D eigenvalue weighted by atomic mass is 10.0. The lowest BCUT2D eigenvalue weighted by Gasteiger charge is -2.10. The standard InChI is InChI=1S/C14H15N3S2/c1-8(2)7-12-16-17-10-3-4-11-9(5-6-18-11)13(10)15-14(17)19-12/h5-6,8H,3-4,7H2,1-2H3. The normalized spacial score (nSPS) is 14.1. The number of fused-ring (bicyclic) bond motifs is 5. The summed E-state index contributed by atoms with van der Waals surface area (Å²) in [5.74, 6) is 0.648. The largest absolute Gasteiger partial charge is 0.217 e. The van der Waals surface area contributed by atoms with Gasteiger partial charge in [0.05, 0.1) is 11.4 Å². The van der Waals surface area contributed by atoms with Crippen molar-refractivity contribution in [1.82, 2.24) is 14.6 Å². The third-order valence-corrected chi connectivity index (χ3v) is 5.42. The van der Waals surface area contributed by atoms with Gasteiger partial charge in [-0.1, -0.05) is 25.2 Å². The molecule has 0 aromatic carbocycles. The van der Waals surface area contributed by atoms with Crippen molar-refractivity contribution in [2.24, 2.45) is 5.92 Å². The Balaban J connectivity index is 1.86. The van der Waals surface area contributed by atoms with Gasteiger partial charge in [0.1, 0.15) is 5.01 Å². The number of imidazole rings is 1. The fourth-order valence-corrected chi connectivity index (χ4v) is 4.68. The van der Waals surface area contributed by atoms with E-state index in [-0.39, 0.29) is 0 Å². The Kier molecular flexibility index (Phi) is 2.53. The molecular weight excluding hydrogens is 274 g/mol. The average Bonchev–Trinajstić information content (AvgIpc) is 2.99. The highest BCUT2D eigenvalue weighted by Gasteiger charge is 2.24. The first-order valence-corrected chi connectivity index (χ1v) is 8.36. The number of rotatable bonds is 2. The number of hydrogen-bond donors (Lipinski definition) is 0. The molecule has 19 heavy (non-hydrogen) atoms. The summed E-state index contributed by atoms with van der Waals surface area (Å²) in [5, 5.41) is 8.14. The van der Waals surface area contributed by atoms with Crippen LogP contribution in [0.3, 0.4) is 0 Å². The SMILES string of the molecule is CC(C)Cc1nn2c3c(nc2s1)-c1ccsc1CC3. The molecule has 3 nitrogen and oxygen atoms in total. The lowest BCUT2D eigenvalue weighted by Crippen LogP contribution is -2.04. The van der Waals surface area contributed by atoms with Crippen LogP contribution in [0.1, 0.15) is 29.4 Å². The van der Waals surface area contributed by atoms with Gasteiger partial charge in [-0.05, 0) is 30.2 Å². The van der Waals surface area contributed by atoms with Crippen molar-refractivity contribution in [3.8, 4) is 11.3 Å². The molecule has 0 bridgehead atoms. The third kappa shape index (κ3) is 1.75.